The maximum atomic E-state index is 13.7. The maximum absolute atomic E-state index is 13.7. The Labute approximate surface area is 123 Å². The molecule has 0 saturated carbocycles. The average Bonchev–Trinajstić information content (AvgIpc) is 2.45. The molecule has 0 unspecified atom stereocenters. The van der Waals surface area contributed by atoms with Gasteiger partial charge in [0, 0.05) is 13.1 Å². The van der Waals surface area contributed by atoms with Crippen LogP contribution in [0, 0.1) is 11.7 Å². The molecule has 1 heterocycles. The number of carbonyl (C=O) groups excluding carboxylic acids is 2. The Bertz CT molecular complexity index is 533. The Hall–Kier alpha value is -2.11. The monoisotopic (exact) mass is 294 g/mol. The van der Waals surface area contributed by atoms with E-state index in [0.29, 0.717) is 13.2 Å². The van der Waals surface area contributed by atoms with Gasteiger partial charge < -0.3 is 9.64 Å². The zero-order valence-corrected chi connectivity index (χ0v) is 12.2. The fraction of sp³-hybridized carbons (Fsp3) is 0.467. The number of anilines is 1. The Morgan fingerprint density at radius 2 is 2.05 bits per heavy atom. The third-order valence-electron chi connectivity index (χ3n) is 3.16. The maximum Gasteiger partial charge on any atom is 0.410 e. The minimum Gasteiger partial charge on any atom is -0.449 e. The second-order valence-corrected chi connectivity index (χ2v) is 5.39. The summed E-state index contributed by atoms with van der Waals surface area (Å²) in [6.45, 7) is 4.70. The number of hydrogen-bond donors (Lipinski definition) is 0. The van der Waals surface area contributed by atoms with Crippen molar-refractivity contribution in [2.45, 2.75) is 13.8 Å². The van der Waals surface area contributed by atoms with E-state index in [-0.39, 0.29) is 30.6 Å². The first-order valence-electron chi connectivity index (χ1n) is 6.95. The van der Waals surface area contributed by atoms with Crippen LogP contribution in [0.3, 0.4) is 0 Å². The molecule has 2 amide bonds. The number of hydrogen-bond acceptors (Lipinski definition) is 3. The van der Waals surface area contributed by atoms with Crippen molar-refractivity contribution in [3.8, 4) is 0 Å². The minimum absolute atomic E-state index is 0.0920. The molecule has 0 N–H and O–H groups in total. The molecule has 21 heavy (non-hydrogen) atoms. The smallest absolute Gasteiger partial charge is 0.410 e. The third-order valence-corrected chi connectivity index (χ3v) is 3.16. The molecule has 0 aliphatic carbocycles. The summed E-state index contributed by atoms with van der Waals surface area (Å²) in [5.74, 6) is -0.515. The van der Waals surface area contributed by atoms with Crippen molar-refractivity contribution in [1.29, 1.82) is 0 Å². The number of piperazine rings is 1. The summed E-state index contributed by atoms with van der Waals surface area (Å²) in [4.78, 5) is 26.6. The van der Waals surface area contributed by atoms with E-state index < -0.39 is 11.9 Å². The molecule has 1 aromatic rings. The van der Waals surface area contributed by atoms with Crippen molar-refractivity contribution in [2.75, 3.05) is 31.1 Å². The van der Waals surface area contributed by atoms with Crippen LogP contribution in [0.2, 0.25) is 0 Å². The summed E-state index contributed by atoms with van der Waals surface area (Å²) < 4.78 is 18.8. The number of halogens is 1. The van der Waals surface area contributed by atoms with Gasteiger partial charge in [-0.3, -0.25) is 9.69 Å². The molecule has 1 saturated heterocycles. The molecule has 0 aromatic heterocycles. The molecule has 0 atom stereocenters. The summed E-state index contributed by atoms with van der Waals surface area (Å²) in [5.41, 5.74) is 0.248. The molecule has 2 rings (SSSR count). The molecule has 0 radical (unpaired) electrons. The normalized spacial score (nSPS) is 15.5. The van der Waals surface area contributed by atoms with E-state index >= 15 is 0 Å². The lowest BCUT2D eigenvalue weighted by molar-refractivity contribution is -0.121. The van der Waals surface area contributed by atoms with Crippen LogP contribution in [0.5, 0.6) is 0 Å². The lowest BCUT2D eigenvalue weighted by atomic mass is 10.2. The fourth-order valence-corrected chi connectivity index (χ4v) is 2.08. The van der Waals surface area contributed by atoms with Gasteiger partial charge in [0.2, 0.25) is 5.91 Å². The first-order valence-corrected chi connectivity index (χ1v) is 6.95. The predicted octanol–water partition coefficient (Wildman–Crippen LogP) is 2.27. The van der Waals surface area contributed by atoms with E-state index in [9.17, 15) is 14.0 Å². The highest BCUT2D eigenvalue weighted by Gasteiger charge is 2.30. The number of carbonyl (C=O) groups is 2. The van der Waals surface area contributed by atoms with Crippen LogP contribution < -0.4 is 4.90 Å². The highest BCUT2D eigenvalue weighted by Crippen LogP contribution is 2.21. The van der Waals surface area contributed by atoms with Crippen LogP contribution in [0.15, 0.2) is 24.3 Å². The highest BCUT2D eigenvalue weighted by molar-refractivity contribution is 5.97. The molecule has 1 aliphatic heterocycles. The quantitative estimate of drug-likeness (QED) is 0.859. The summed E-state index contributed by atoms with van der Waals surface area (Å²) in [5, 5.41) is 0. The topological polar surface area (TPSA) is 49.9 Å². The Kier molecular flexibility index (Phi) is 4.77. The molecule has 114 valence electrons. The molecule has 0 spiro atoms. The molecule has 1 fully saturated rings. The zero-order valence-electron chi connectivity index (χ0n) is 12.2. The Morgan fingerprint density at radius 1 is 1.33 bits per heavy atom. The lowest BCUT2D eigenvalue weighted by Crippen LogP contribution is -2.52. The number of nitrogens with zero attached hydrogens (tertiary/aromatic N) is 2. The largest absolute Gasteiger partial charge is 0.449 e. The standard InChI is InChI=1S/C15H19FN2O3/c1-11(2)10-21-15(20)17-7-8-18(14(19)9-17)13-6-4-3-5-12(13)16/h3-6,11H,7-10H2,1-2H3. The van der Waals surface area contributed by atoms with Crippen LogP contribution in [0.25, 0.3) is 0 Å². The molecule has 0 bridgehead atoms. The second kappa shape index (κ2) is 6.56. The Balaban J connectivity index is 1.98. The van der Waals surface area contributed by atoms with E-state index in [1.165, 1.54) is 15.9 Å². The SMILES string of the molecule is CC(C)COC(=O)N1CCN(c2ccccc2F)C(=O)C1. The predicted molar refractivity (Wildman–Crippen MR) is 76.5 cm³/mol. The number of ether oxygens (including phenoxy) is 1. The van der Waals surface area contributed by atoms with Crippen molar-refractivity contribution in [3.05, 3.63) is 30.1 Å². The van der Waals surface area contributed by atoms with Gasteiger partial charge in [-0.15, -0.1) is 0 Å². The van der Waals surface area contributed by atoms with Gasteiger partial charge >= 0.3 is 6.09 Å². The van der Waals surface area contributed by atoms with Gasteiger partial charge in [-0.1, -0.05) is 26.0 Å². The summed E-state index contributed by atoms with van der Waals surface area (Å²) in [6.07, 6.45) is -0.495. The van der Waals surface area contributed by atoms with E-state index in [1.807, 2.05) is 13.8 Å². The van der Waals surface area contributed by atoms with Gasteiger partial charge in [-0.05, 0) is 18.1 Å². The van der Waals surface area contributed by atoms with Crippen molar-refractivity contribution in [2.24, 2.45) is 5.92 Å². The zero-order chi connectivity index (χ0) is 15.4. The van der Waals surface area contributed by atoms with E-state index in [1.54, 1.807) is 18.2 Å². The van der Waals surface area contributed by atoms with Crippen LogP contribution >= 0.6 is 0 Å². The number of rotatable bonds is 3. The van der Waals surface area contributed by atoms with Crippen molar-refractivity contribution in [1.82, 2.24) is 4.90 Å². The van der Waals surface area contributed by atoms with Crippen LogP contribution in [-0.4, -0.2) is 43.1 Å². The molecule has 5 nitrogen and oxygen atoms in total. The van der Waals surface area contributed by atoms with Gasteiger partial charge in [0.25, 0.3) is 0 Å². The Morgan fingerprint density at radius 3 is 2.67 bits per heavy atom. The van der Waals surface area contributed by atoms with E-state index in [0.717, 1.165) is 0 Å². The minimum atomic E-state index is -0.495. The summed E-state index contributed by atoms with van der Waals surface area (Å²) in [6, 6.07) is 6.11. The second-order valence-electron chi connectivity index (χ2n) is 5.39. The van der Waals surface area contributed by atoms with E-state index in [4.69, 9.17) is 4.74 Å². The third kappa shape index (κ3) is 3.71. The van der Waals surface area contributed by atoms with Crippen LogP contribution in [0.1, 0.15) is 13.8 Å². The highest BCUT2D eigenvalue weighted by atomic mass is 19.1. The molecule has 6 heteroatoms. The van der Waals surface area contributed by atoms with Gasteiger partial charge in [0.1, 0.15) is 12.4 Å². The fourth-order valence-electron chi connectivity index (χ4n) is 2.08. The van der Waals surface area contributed by atoms with Crippen molar-refractivity contribution in [3.63, 3.8) is 0 Å². The van der Waals surface area contributed by atoms with Crippen LogP contribution in [-0.2, 0) is 9.53 Å². The molecule has 1 aromatic carbocycles. The number of benzene rings is 1. The van der Waals surface area contributed by atoms with Crippen molar-refractivity contribution < 1.29 is 18.7 Å². The van der Waals surface area contributed by atoms with Gasteiger partial charge in [0.15, 0.2) is 0 Å². The average molecular weight is 294 g/mol. The van der Waals surface area contributed by atoms with E-state index in [2.05, 4.69) is 0 Å². The van der Waals surface area contributed by atoms with Gasteiger partial charge in [0.05, 0.1) is 12.3 Å². The molecular weight excluding hydrogens is 275 g/mol. The van der Waals surface area contributed by atoms with Crippen LogP contribution in [0.4, 0.5) is 14.9 Å². The number of para-hydroxylation sites is 1. The summed E-state index contributed by atoms with van der Waals surface area (Å²) in [7, 11) is 0. The number of amides is 2. The van der Waals surface area contributed by atoms with Gasteiger partial charge in [-0.2, -0.15) is 0 Å². The summed E-state index contributed by atoms with van der Waals surface area (Å²) >= 11 is 0. The molecular formula is C15H19FN2O3. The molecule has 1 aliphatic rings. The van der Waals surface area contributed by atoms with Crippen molar-refractivity contribution >= 4 is 17.7 Å². The van der Waals surface area contributed by atoms with Gasteiger partial charge in [-0.25, -0.2) is 9.18 Å². The first kappa shape index (κ1) is 15.3. The lowest BCUT2D eigenvalue weighted by Gasteiger charge is -2.33. The first-order chi connectivity index (χ1) is 9.99.